The summed E-state index contributed by atoms with van der Waals surface area (Å²) in [6, 6.07) is 13.1. The van der Waals surface area contributed by atoms with E-state index < -0.39 is 0 Å². The van der Waals surface area contributed by atoms with Gasteiger partial charge in [0.25, 0.3) is 5.56 Å². The second-order valence-electron chi connectivity index (χ2n) is 7.41. The average molecular weight is 409 g/mol. The number of amides is 1. The minimum Gasteiger partial charge on any atom is -0.348 e. The van der Waals surface area contributed by atoms with Crippen LogP contribution in [0, 0.1) is 6.92 Å². The van der Waals surface area contributed by atoms with Gasteiger partial charge in [0, 0.05) is 36.9 Å². The monoisotopic (exact) mass is 408 g/mol. The number of rotatable bonds is 3. The average Bonchev–Trinajstić information content (AvgIpc) is 2.96. The van der Waals surface area contributed by atoms with E-state index in [1.165, 1.54) is 9.58 Å². The van der Waals surface area contributed by atoms with Crippen molar-refractivity contribution in [1.82, 2.24) is 19.2 Å². The number of aromatic nitrogens is 3. The van der Waals surface area contributed by atoms with Gasteiger partial charge in [0.2, 0.25) is 5.91 Å². The molecular formula is C22H21ClN4O2. The largest absolute Gasteiger partial charge is 0.348 e. The first-order valence-electron chi connectivity index (χ1n) is 9.25. The van der Waals surface area contributed by atoms with Gasteiger partial charge in [-0.25, -0.2) is 0 Å². The van der Waals surface area contributed by atoms with Gasteiger partial charge in [-0.2, -0.15) is 9.78 Å². The molecule has 1 amide bonds. The standard InChI is InChI=1S/C22H21ClN4O2/c1-13-6-5-7-15(10-13)27-22(29)21-20(17(24-27)12-19(28)25(2)3)16-9-8-14(23)11-18(16)26(21)4/h5-11H,12H2,1-4H3. The molecule has 2 aromatic carbocycles. The molecule has 0 radical (unpaired) electrons. The zero-order valence-electron chi connectivity index (χ0n) is 16.7. The Hall–Kier alpha value is -3.12. The van der Waals surface area contributed by atoms with E-state index in [2.05, 4.69) is 5.10 Å². The lowest BCUT2D eigenvalue weighted by Crippen LogP contribution is -2.28. The van der Waals surface area contributed by atoms with Crippen LogP contribution in [-0.4, -0.2) is 39.3 Å². The molecule has 2 heterocycles. The lowest BCUT2D eigenvalue weighted by molar-refractivity contribution is -0.128. The quantitative estimate of drug-likeness (QED) is 0.521. The number of halogens is 1. The van der Waals surface area contributed by atoms with Crippen LogP contribution >= 0.6 is 11.6 Å². The van der Waals surface area contributed by atoms with Gasteiger partial charge in [-0.05, 0) is 36.8 Å². The van der Waals surface area contributed by atoms with E-state index in [9.17, 15) is 9.59 Å². The zero-order valence-corrected chi connectivity index (χ0v) is 17.5. The summed E-state index contributed by atoms with van der Waals surface area (Å²) in [7, 11) is 5.25. The van der Waals surface area contributed by atoms with Crippen LogP contribution in [0.15, 0.2) is 47.3 Å². The number of fused-ring (bicyclic) bond motifs is 3. The maximum absolute atomic E-state index is 13.4. The molecule has 0 aliphatic rings. The minimum atomic E-state index is -0.235. The first kappa shape index (κ1) is 19.2. The maximum Gasteiger partial charge on any atom is 0.296 e. The van der Waals surface area contributed by atoms with Crippen LogP contribution in [0.2, 0.25) is 5.02 Å². The second kappa shape index (κ2) is 7.04. The molecule has 0 unspecified atom stereocenters. The summed E-state index contributed by atoms with van der Waals surface area (Å²) in [5.41, 5.74) is 3.34. The third-order valence-corrected chi connectivity index (χ3v) is 5.37. The molecule has 29 heavy (non-hydrogen) atoms. The fourth-order valence-electron chi connectivity index (χ4n) is 3.63. The van der Waals surface area contributed by atoms with Crippen molar-refractivity contribution in [1.29, 1.82) is 0 Å². The molecule has 6 nitrogen and oxygen atoms in total. The highest BCUT2D eigenvalue weighted by atomic mass is 35.5. The van der Waals surface area contributed by atoms with Crippen LogP contribution in [0.3, 0.4) is 0 Å². The SMILES string of the molecule is Cc1cccc(-n2nc(CC(=O)N(C)C)c3c4ccc(Cl)cc4n(C)c3c2=O)c1. The number of hydrogen-bond acceptors (Lipinski definition) is 3. The Morgan fingerprint density at radius 1 is 1.17 bits per heavy atom. The topological polar surface area (TPSA) is 60.1 Å². The van der Waals surface area contributed by atoms with Crippen molar-refractivity contribution in [2.24, 2.45) is 7.05 Å². The Bertz CT molecular complexity index is 1330. The minimum absolute atomic E-state index is 0.0841. The van der Waals surface area contributed by atoms with Gasteiger partial charge in [-0.15, -0.1) is 0 Å². The molecule has 0 saturated heterocycles. The number of nitrogens with zero attached hydrogens (tertiary/aromatic N) is 4. The molecule has 0 aliphatic carbocycles. The van der Waals surface area contributed by atoms with Crippen molar-refractivity contribution in [3.63, 3.8) is 0 Å². The lowest BCUT2D eigenvalue weighted by Gasteiger charge is -2.13. The van der Waals surface area contributed by atoms with E-state index in [4.69, 9.17) is 11.6 Å². The number of likely N-dealkylation sites (N-methyl/N-ethyl adjacent to an activating group) is 1. The van der Waals surface area contributed by atoms with Crippen LogP contribution < -0.4 is 5.56 Å². The number of aryl methyl sites for hydroxylation is 2. The van der Waals surface area contributed by atoms with Crippen molar-refractivity contribution >= 4 is 39.3 Å². The van der Waals surface area contributed by atoms with Gasteiger partial charge in [-0.1, -0.05) is 29.8 Å². The maximum atomic E-state index is 13.4. The molecule has 4 rings (SSSR count). The lowest BCUT2D eigenvalue weighted by atomic mass is 10.1. The smallest absolute Gasteiger partial charge is 0.296 e. The van der Waals surface area contributed by atoms with Crippen LogP contribution in [0.4, 0.5) is 0 Å². The summed E-state index contributed by atoms with van der Waals surface area (Å²) in [6.07, 6.45) is 0.0946. The molecule has 0 saturated carbocycles. The molecule has 4 aromatic rings. The van der Waals surface area contributed by atoms with Crippen molar-refractivity contribution in [2.45, 2.75) is 13.3 Å². The van der Waals surface area contributed by atoms with Gasteiger partial charge >= 0.3 is 0 Å². The highest BCUT2D eigenvalue weighted by Gasteiger charge is 2.21. The number of carbonyl (C=O) groups is 1. The predicted octanol–water partition coefficient (Wildman–Crippen LogP) is 3.47. The molecule has 0 atom stereocenters. The third-order valence-electron chi connectivity index (χ3n) is 5.13. The molecule has 0 fully saturated rings. The van der Waals surface area contributed by atoms with Gasteiger partial charge < -0.3 is 9.47 Å². The van der Waals surface area contributed by atoms with Crippen LogP contribution in [0.25, 0.3) is 27.5 Å². The van der Waals surface area contributed by atoms with E-state index in [0.29, 0.717) is 27.3 Å². The van der Waals surface area contributed by atoms with E-state index in [-0.39, 0.29) is 17.9 Å². The summed E-state index contributed by atoms with van der Waals surface area (Å²) < 4.78 is 3.21. The van der Waals surface area contributed by atoms with Crippen LogP contribution in [-0.2, 0) is 18.3 Å². The normalized spacial score (nSPS) is 11.3. The highest BCUT2D eigenvalue weighted by Crippen LogP contribution is 2.30. The van der Waals surface area contributed by atoms with E-state index >= 15 is 0 Å². The van der Waals surface area contributed by atoms with E-state index in [1.807, 2.05) is 54.9 Å². The molecule has 148 valence electrons. The van der Waals surface area contributed by atoms with Crippen molar-refractivity contribution in [3.05, 3.63) is 69.1 Å². The summed E-state index contributed by atoms with van der Waals surface area (Å²) in [6.45, 7) is 1.96. The van der Waals surface area contributed by atoms with Gasteiger partial charge in [0.05, 0.1) is 23.3 Å². The summed E-state index contributed by atoms with van der Waals surface area (Å²) in [5.74, 6) is -0.0841. The first-order chi connectivity index (χ1) is 13.8. The molecule has 0 aliphatic heterocycles. The third kappa shape index (κ3) is 3.19. The zero-order chi connectivity index (χ0) is 20.9. The van der Waals surface area contributed by atoms with Gasteiger partial charge in [-0.3, -0.25) is 9.59 Å². The fourth-order valence-corrected chi connectivity index (χ4v) is 3.79. The number of carbonyl (C=O) groups excluding carboxylic acids is 1. The Balaban J connectivity index is 2.13. The van der Waals surface area contributed by atoms with Gasteiger partial charge in [0.1, 0.15) is 5.52 Å². The Kier molecular flexibility index (Phi) is 4.67. The summed E-state index contributed by atoms with van der Waals surface area (Å²) >= 11 is 6.20. The molecule has 7 heteroatoms. The number of benzene rings is 2. The van der Waals surface area contributed by atoms with Crippen molar-refractivity contribution < 1.29 is 4.79 Å². The Labute approximate surface area is 172 Å². The van der Waals surface area contributed by atoms with Crippen LogP contribution in [0.5, 0.6) is 0 Å². The summed E-state index contributed by atoms with van der Waals surface area (Å²) in [4.78, 5) is 27.5. The van der Waals surface area contributed by atoms with Crippen molar-refractivity contribution in [3.8, 4) is 5.69 Å². The molecule has 0 N–H and O–H groups in total. The fraction of sp³-hybridized carbons (Fsp3) is 0.227. The molecular weight excluding hydrogens is 388 g/mol. The van der Waals surface area contributed by atoms with Gasteiger partial charge in [0.15, 0.2) is 0 Å². The first-order valence-corrected chi connectivity index (χ1v) is 9.62. The second-order valence-corrected chi connectivity index (χ2v) is 7.85. The predicted molar refractivity (Wildman–Crippen MR) is 116 cm³/mol. The molecule has 2 aromatic heterocycles. The molecule has 0 bridgehead atoms. The highest BCUT2D eigenvalue weighted by molar-refractivity contribution is 6.31. The van der Waals surface area contributed by atoms with Crippen molar-refractivity contribution in [2.75, 3.05) is 14.1 Å². The Morgan fingerprint density at radius 2 is 1.93 bits per heavy atom. The van der Waals surface area contributed by atoms with E-state index in [1.54, 1.807) is 20.2 Å². The Morgan fingerprint density at radius 3 is 2.62 bits per heavy atom. The van der Waals surface area contributed by atoms with Crippen LogP contribution in [0.1, 0.15) is 11.3 Å². The summed E-state index contributed by atoms with van der Waals surface area (Å²) in [5, 5.41) is 6.77. The molecule has 0 spiro atoms. The van der Waals surface area contributed by atoms with E-state index in [0.717, 1.165) is 16.5 Å². The number of hydrogen-bond donors (Lipinski definition) is 0.